The summed E-state index contributed by atoms with van der Waals surface area (Å²) in [6.07, 6.45) is 6.08. The van der Waals surface area contributed by atoms with Gasteiger partial charge in [0, 0.05) is 11.7 Å². The molecule has 0 radical (unpaired) electrons. The van der Waals surface area contributed by atoms with Crippen molar-refractivity contribution < 1.29 is 0 Å². The summed E-state index contributed by atoms with van der Waals surface area (Å²) in [5, 5.41) is 0.552. The fraction of sp³-hybridized carbons (Fsp3) is 0.217. The predicted octanol–water partition coefficient (Wildman–Crippen LogP) is 4.40. The molecule has 6 rings (SSSR count). The lowest BCUT2D eigenvalue weighted by Crippen LogP contribution is -2.23. The van der Waals surface area contributed by atoms with Crippen molar-refractivity contribution in [1.82, 2.24) is 24.1 Å². The van der Waals surface area contributed by atoms with Crippen LogP contribution < -0.4 is 5.56 Å². The van der Waals surface area contributed by atoms with Crippen LogP contribution in [-0.2, 0) is 0 Å². The maximum absolute atomic E-state index is 13.6. The van der Waals surface area contributed by atoms with E-state index >= 15 is 0 Å². The molecule has 6 heteroatoms. The number of fused-ring (bicyclic) bond motifs is 4. The molecule has 0 atom stereocenters. The molecule has 6 nitrogen and oxygen atoms in total. The van der Waals surface area contributed by atoms with Crippen LogP contribution in [0.3, 0.4) is 0 Å². The standard InChI is InChI=1S/C23H19N5O/c29-23-19-20-22(26-18-13-7-6-12-17(18)25-20)28(16-10-2-1-3-11-16)21(19)24-14-27(23)15-8-4-5-9-15/h1-3,6-7,10-15H,4-5,8-9H2. The minimum atomic E-state index is -0.0221. The summed E-state index contributed by atoms with van der Waals surface area (Å²) in [5.41, 5.74) is 4.37. The van der Waals surface area contributed by atoms with E-state index in [0.717, 1.165) is 42.4 Å². The van der Waals surface area contributed by atoms with Gasteiger partial charge in [0.1, 0.15) is 17.2 Å². The predicted molar refractivity (Wildman–Crippen MR) is 113 cm³/mol. The summed E-state index contributed by atoms with van der Waals surface area (Å²) in [7, 11) is 0. The monoisotopic (exact) mass is 381 g/mol. The molecule has 5 aromatic rings. The molecule has 142 valence electrons. The van der Waals surface area contributed by atoms with Crippen LogP contribution >= 0.6 is 0 Å². The number of nitrogens with zero attached hydrogens (tertiary/aromatic N) is 5. The molecule has 3 aromatic heterocycles. The zero-order valence-corrected chi connectivity index (χ0v) is 15.8. The van der Waals surface area contributed by atoms with E-state index in [1.54, 1.807) is 10.9 Å². The van der Waals surface area contributed by atoms with E-state index in [2.05, 4.69) is 0 Å². The highest BCUT2D eigenvalue weighted by molar-refractivity contribution is 6.05. The molecule has 1 aliphatic rings. The summed E-state index contributed by atoms with van der Waals surface area (Å²) in [6.45, 7) is 0. The van der Waals surface area contributed by atoms with Gasteiger partial charge in [-0.1, -0.05) is 43.2 Å². The highest BCUT2D eigenvalue weighted by Gasteiger charge is 2.24. The molecule has 1 fully saturated rings. The molecule has 0 amide bonds. The number of hydrogen-bond donors (Lipinski definition) is 0. The highest BCUT2D eigenvalue weighted by atomic mass is 16.1. The largest absolute Gasteiger partial charge is 0.295 e. The van der Waals surface area contributed by atoms with Crippen molar-refractivity contribution in [1.29, 1.82) is 0 Å². The van der Waals surface area contributed by atoms with Crippen molar-refractivity contribution in [3.63, 3.8) is 0 Å². The first-order valence-corrected chi connectivity index (χ1v) is 10.0. The summed E-state index contributed by atoms with van der Waals surface area (Å²) < 4.78 is 3.76. The molecule has 0 unspecified atom stereocenters. The molecule has 0 saturated heterocycles. The van der Waals surface area contributed by atoms with Crippen molar-refractivity contribution in [3.05, 3.63) is 71.3 Å². The Morgan fingerprint density at radius 3 is 2.28 bits per heavy atom. The van der Waals surface area contributed by atoms with Crippen LogP contribution in [0.15, 0.2) is 65.7 Å². The van der Waals surface area contributed by atoms with E-state index in [4.69, 9.17) is 15.0 Å². The van der Waals surface area contributed by atoms with Crippen LogP contribution in [0.25, 0.3) is 38.9 Å². The van der Waals surface area contributed by atoms with Crippen LogP contribution in [0.2, 0.25) is 0 Å². The number of para-hydroxylation sites is 3. The quantitative estimate of drug-likeness (QED) is 0.455. The van der Waals surface area contributed by atoms with Gasteiger partial charge < -0.3 is 0 Å². The van der Waals surface area contributed by atoms with Gasteiger partial charge >= 0.3 is 0 Å². The van der Waals surface area contributed by atoms with Crippen LogP contribution in [0.5, 0.6) is 0 Å². The van der Waals surface area contributed by atoms with Crippen LogP contribution in [0.1, 0.15) is 31.7 Å². The zero-order chi connectivity index (χ0) is 19.4. The second-order valence-electron chi connectivity index (χ2n) is 7.65. The smallest absolute Gasteiger partial charge is 0.265 e. The molecular weight excluding hydrogens is 362 g/mol. The minimum absolute atomic E-state index is 0.0221. The molecule has 29 heavy (non-hydrogen) atoms. The van der Waals surface area contributed by atoms with Gasteiger partial charge in [-0.2, -0.15) is 0 Å². The summed E-state index contributed by atoms with van der Waals surface area (Å²) in [4.78, 5) is 28.0. The van der Waals surface area contributed by atoms with Gasteiger partial charge in [-0.3, -0.25) is 13.9 Å². The molecule has 0 spiro atoms. The van der Waals surface area contributed by atoms with E-state index in [1.807, 2.05) is 59.2 Å². The van der Waals surface area contributed by atoms with Crippen molar-refractivity contribution in [2.45, 2.75) is 31.7 Å². The third-order valence-corrected chi connectivity index (χ3v) is 5.92. The van der Waals surface area contributed by atoms with Crippen molar-refractivity contribution in [2.24, 2.45) is 0 Å². The van der Waals surface area contributed by atoms with E-state index in [9.17, 15) is 4.79 Å². The topological polar surface area (TPSA) is 65.6 Å². The maximum atomic E-state index is 13.6. The normalized spacial score (nSPS) is 15.0. The first-order valence-electron chi connectivity index (χ1n) is 10.0. The SMILES string of the molecule is O=c1c2c3nc4ccccc4nc3n(-c3ccccc3)c2ncn1C1CCCC1. The zero-order valence-electron chi connectivity index (χ0n) is 15.8. The first-order chi connectivity index (χ1) is 14.3. The summed E-state index contributed by atoms with van der Waals surface area (Å²) in [6, 6.07) is 17.9. The molecule has 0 bridgehead atoms. The number of rotatable bonds is 2. The van der Waals surface area contributed by atoms with Gasteiger partial charge in [0.15, 0.2) is 11.3 Å². The van der Waals surface area contributed by atoms with E-state index < -0.39 is 0 Å². The Morgan fingerprint density at radius 2 is 1.52 bits per heavy atom. The summed E-state index contributed by atoms with van der Waals surface area (Å²) in [5.74, 6) is 0. The second-order valence-corrected chi connectivity index (χ2v) is 7.65. The Bertz CT molecular complexity index is 1430. The average Bonchev–Trinajstić information content (AvgIpc) is 3.39. The van der Waals surface area contributed by atoms with Crippen molar-refractivity contribution in [3.8, 4) is 5.69 Å². The highest BCUT2D eigenvalue weighted by Crippen LogP contribution is 2.31. The Hall–Kier alpha value is -3.54. The van der Waals surface area contributed by atoms with Crippen molar-refractivity contribution in [2.75, 3.05) is 0 Å². The van der Waals surface area contributed by atoms with E-state index in [1.165, 1.54) is 0 Å². The minimum Gasteiger partial charge on any atom is -0.295 e. The number of aromatic nitrogens is 5. The Kier molecular flexibility index (Phi) is 3.53. The average molecular weight is 381 g/mol. The number of hydrogen-bond acceptors (Lipinski definition) is 4. The molecule has 0 aliphatic heterocycles. The van der Waals surface area contributed by atoms with E-state index in [-0.39, 0.29) is 11.6 Å². The van der Waals surface area contributed by atoms with Gasteiger partial charge in [-0.25, -0.2) is 15.0 Å². The van der Waals surface area contributed by atoms with Crippen LogP contribution in [0.4, 0.5) is 0 Å². The fourth-order valence-electron chi connectivity index (χ4n) is 4.51. The fourth-order valence-corrected chi connectivity index (χ4v) is 4.51. The molecule has 1 aliphatic carbocycles. The lowest BCUT2D eigenvalue weighted by Gasteiger charge is -2.12. The molecule has 1 saturated carbocycles. The van der Waals surface area contributed by atoms with Gasteiger partial charge in [-0.15, -0.1) is 0 Å². The second kappa shape index (κ2) is 6.24. The first kappa shape index (κ1) is 16.4. The summed E-state index contributed by atoms with van der Waals surface area (Å²) >= 11 is 0. The lowest BCUT2D eigenvalue weighted by atomic mass is 10.2. The van der Waals surface area contributed by atoms with Gasteiger partial charge in [0.25, 0.3) is 5.56 Å². The maximum Gasteiger partial charge on any atom is 0.265 e. The van der Waals surface area contributed by atoms with Crippen LogP contribution in [-0.4, -0.2) is 24.1 Å². The third-order valence-electron chi connectivity index (χ3n) is 5.92. The Morgan fingerprint density at radius 1 is 0.828 bits per heavy atom. The third kappa shape index (κ3) is 2.42. The Labute approximate surface area is 166 Å². The van der Waals surface area contributed by atoms with Gasteiger partial charge in [0.2, 0.25) is 0 Å². The van der Waals surface area contributed by atoms with E-state index in [0.29, 0.717) is 22.2 Å². The van der Waals surface area contributed by atoms with Gasteiger partial charge in [0.05, 0.1) is 11.0 Å². The van der Waals surface area contributed by atoms with Crippen molar-refractivity contribution >= 4 is 33.2 Å². The molecule has 0 N–H and O–H groups in total. The lowest BCUT2D eigenvalue weighted by molar-refractivity contribution is 0.499. The Balaban J connectivity index is 1.78. The van der Waals surface area contributed by atoms with Gasteiger partial charge in [-0.05, 0) is 37.1 Å². The number of benzene rings is 2. The molecule has 3 heterocycles. The molecular formula is C23H19N5O. The molecule has 2 aromatic carbocycles. The van der Waals surface area contributed by atoms with Crippen LogP contribution in [0, 0.1) is 0 Å².